The van der Waals surface area contributed by atoms with Crippen molar-refractivity contribution in [1.29, 1.82) is 0 Å². The predicted octanol–water partition coefficient (Wildman–Crippen LogP) is 3.68. The standard InChI is InChI=1S/C22H24ClFN2O4/c1-2-29-16-6-8-17(9-7-16)30-14-20(27)25-15-10-12-26(13-11-15)22(28)21-18(23)4-3-5-19(21)24/h3-9,15H,2,10-14H2,1H3,(H,25,27). The van der Waals surface area contributed by atoms with Gasteiger partial charge >= 0.3 is 0 Å². The van der Waals surface area contributed by atoms with Crippen LogP contribution in [0.4, 0.5) is 4.39 Å². The molecule has 30 heavy (non-hydrogen) atoms. The third-order valence-electron chi connectivity index (χ3n) is 4.83. The highest BCUT2D eigenvalue weighted by Gasteiger charge is 2.27. The predicted molar refractivity (Wildman–Crippen MR) is 112 cm³/mol. The van der Waals surface area contributed by atoms with Crippen LogP contribution in [0.2, 0.25) is 5.02 Å². The Morgan fingerprint density at radius 1 is 1.10 bits per heavy atom. The summed E-state index contributed by atoms with van der Waals surface area (Å²) < 4.78 is 24.8. The summed E-state index contributed by atoms with van der Waals surface area (Å²) >= 11 is 5.99. The van der Waals surface area contributed by atoms with E-state index in [2.05, 4.69) is 5.32 Å². The number of nitrogens with zero attached hydrogens (tertiary/aromatic N) is 1. The lowest BCUT2D eigenvalue weighted by Crippen LogP contribution is -2.47. The van der Waals surface area contributed by atoms with Crippen LogP contribution in [-0.2, 0) is 4.79 Å². The van der Waals surface area contributed by atoms with Crippen LogP contribution in [-0.4, -0.2) is 49.1 Å². The van der Waals surface area contributed by atoms with Gasteiger partial charge in [-0.2, -0.15) is 0 Å². The molecule has 160 valence electrons. The quantitative estimate of drug-likeness (QED) is 0.721. The van der Waals surface area contributed by atoms with E-state index in [1.807, 2.05) is 6.92 Å². The molecule has 1 heterocycles. The fourth-order valence-electron chi connectivity index (χ4n) is 3.30. The van der Waals surface area contributed by atoms with E-state index in [9.17, 15) is 14.0 Å². The normalized spacial score (nSPS) is 14.3. The van der Waals surface area contributed by atoms with Gasteiger partial charge in [0.25, 0.3) is 11.8 Å². The largest absolute Gasteiger partial charge is 0.494 e. The van der Waals surface area contributed by atoms with Crippen LogP contribution >= 0.6 is 11.6 Å². The number of amides is 2. The second-order valence-corrected chi connectivity index (χ2v) is 7.33. The van der Waals surface area contributed by atoms with Gasteiger partial charge in [-0.3, -0.25) is 9.59 Å². The second-order valence-electron chi connectivity index (χ2n) is 6.92. The van der Waals surface area contributed by atoms with E-state index in [4.69, 9.17) is 21.1 Å². The molecule has 1 aliphatic rings. The maximum Gasteiger partial charge on any atom is 0.258 e. The smallest absolute Gasteiger partial charge is 0.258 e. The van der Waals surface area contributed by atoms with E-state index in [0.29, 0.717) is 38.3 Å². The van der Waals surface area contributed by atoms with Crippen molar-refractivity contribution in [3.05, 3.63) is 58.9 Å². The lowest BCUT2D eigenvalue weighted by molar-refractivity contribution is -0.124. The molecule has 0 aliphatic carbocycles. The topological polar surface area (TPSA) is 67.9 Å². The summed E-state index contributed by atoms with van der Waals surface area (Å²) in [6.45, 7) is 3.21. The number of hydrogen-bond donors (Lipinski definition) is 1. The number of carbonyl (C=O) groups excluding carboxylic acids is 2. The van der Waals surface area contributed by atoms with Crippen molar-refractivity contribution in [3.63, 3.8) is 0 Å². The molecule has 0 atom stereocenters. The summed E-state index contributed by atoms with van der Waals surface area (Å²) in [6.07, 6.45) is 1.15. The Morgan fingerprint density at radius 3 is 2.33 bits per heavy atom. The SMILES string of the molecule is CCOc1ccc(OCC(=O)NC2CCN(C(=O)c3c(F)cccc3Cl)CC2)cc1. The molecule has 2 aromatic carbocycles. The summed E-state index contributed by atoms with van der Waals surface area (Å²) in [4.78, 5) is 26.3. The first-order chi connectivity index (χ1) is 14.5. The molecule has 0 spiro atoms. The van der Waals surface area contributed by atoms with Crippen LogP contribution in [0, 0.1) is 5.82 Å². The van der Waals surface area contributed by atoms with E-state index in [0.717, 1.165) is 5.75 Å². The molecule has 2 amide bonds. The Kier molecular flexibility index (Phi) is 7.52. The molecule has 1 aliphatic heterocycles. The van der Waals surface area contributed by atoms with Gasteiger partial charge in [0.1, 0.15) is 17.3 Å². The minimum atomic E-state index is -0.630. The lowest BCUT2D eigenvalue weighted by Gasteiger charge is -2.32. The Labute approximate surface area is 179 Å². The zero-order valence-electron chi connectivity index (χ0n) is 16.7. The van der Waals surface area contributed by atoms with Crippen LogP contribution < -0.4 is 14.8 Å². The Balaban J connectivity index is 1.44. The molecule has 6 nitrogen and oxygen atoms in total. The minimum absolute atomic E-state index is 0.0680. The van der Waals surface area contributed by atoms with E-state index >= 15 is 0 Å². The van der Waals surface area contributed by atoms with Crippen molar-refractivity contribution in [2.45, 2.75) is 25.8 Å². The van der Waals surface area contributed by atoms with E-state index in [1.54, 1.807) is 29.2 Å². The van der Waals surface area contributed by atoms with Crippen LogP contribution in [0.15, 0.2) is 42.5 Å². The minimum Gasteiger partial charge on any atom is -0.494 e. The number of nitrogens with one attached hydrogen (secondary N) is 1. The third kappa shape index (κ3) is 5.63. The van der Waals surface area contributed by atoms with Crippen molar-refractivity contribution >= 4 is 23.4 Å². The first kappa shape index (κ1) is 21.9. The molecule has 1 fully saturated rings. The monoisotopic (exact) mass is 434 g/mol. The van der Waals surface area contributed by atoms with Gasteiger partial charge in [-0.15, -0.1) is 0 Å². The van der Waals surface area contributed by atoms with Gasteiger partial charge in [0.05, 0.1) is 17.2 Å². The molecular formula is C22H24ClFN2O4. The van der Waals surface area contributed by atoms with Gasteiger partial charge in [-0.1, -0.05) is 17.7 Å². The lowest BCUT2D eigenvalue weighted by atomic mass is 10.0. The number of hydrogen-bond acceptors (Lipinski definition) is 4. The van der Waals surface area contributed by atoms with E-state index < -0.39 is 11.7 Å². The molecular weight excluding hydrogens is 411 g/mol. The highest BCUT2D eigenvalue weighted by Crippen LogP contribution is 2.23. The average Bonchev–Trinajstić information content (AvgIpc) is 2.74. The maximum absolute atomic E-state index is 14.0. The summed E-state index contributed by atoms with van der Waals surface area (Å²) in [5.74, 6) is 0.0324. The number of piperidine rings is 1. The fourth-order valence-corrected chi connectivity index (χ4v) is 3.55. The number of rotatable bonds is 7. The Morgan fingerprint density at radius 2 is 1.73 bits per heavy atom. The molecule has 0 saturated carbocycles. The van der Waals surface area contributed by atoms with Gasteiger partial charge in [-0.25, -0.2) is 4.39 Å². The first-order valence-electron chi connectivity index (χ1n) is 9.86. The number of benzene rings is 2. The number of ether oxygens (including phenoxy) is 2. The highest BCUT2D eigenvalue weighted by atomic mass is 35.5. The molecule has 0 unspecified atom stereocenters. The molecule has 0 aromatic heterocycles. The molecule has 2 aromatic rings. The van der Waals surface area contributed by atoms with Gasteiger partial charge in [0, 0.05) is 19.1 Å². The van der Waals surface area contributed by atoms with Crippen molar-refractivity contribution in [2.75, 3.05) is 26.3 Å². The van der Waals surface area contributed by atoms with Gasteiger partial charge in [0.2, 0.25) is 0 Å². The Bertz CT molecular complexity index is 863. The first-order valence-corrected chi connectivity index (χ1v) is 10.2. The molecule has 0 radical (unpaired) electrons. The number of likely N-dealkylation sites (tertiary alicyclic amines) is 1. The molecule has 3 rings (SSSR count). The summed E-state index contributed by atoms with van der Waals surface area (Å²) in [5.41, 5.74) is -0.106. The van der Waals surface area contributed by atoms with Crippen LogP contribution in [0.3, 0.4) is 0 Å². The maximum atomic E-state index is 14.0. The van der Waals surface area contributed by atoms with Crippen LogP contribution in [0.25, 0.3) is 0 Å². The molecule has 0 bridgehead atoms. The van der Waals surface area contributed by atoms with Crippen molar-refractivity contribution in [2.24, 2.45) is 0 Å². The van der Waals surface area contributed by atoms with Crippen molar-refractivity contribution in [3.8, 4) is 11.5 Å². The van der Waals surface area contributed by atoms with E-state index in [-0.39, 0.29) is 29.1 Å². The Hall–Kier alpha value is -2.80. The summed E-state index contributed by atoms with van der Waals surface area (Å²) in [7, 11) is 0. The summed E-state index contributed by atoms with van der Waals surface area (Å²) in [5, 5.41) is 3.02. The highest BCUT2D eigenvalue weighted by molar-refractivity contribution is 6.33. The van der Waals surface area contributed by atoms with Crippen molar-refractivity contribution < 1.29 is 23.5 Å². The van der Waals surface area contributed by atoms with Crippen molar-refractivity contribution in [1.82, 2.24) is 10.2 Å². The average molecular weight is 435 g/mol. The van der Waals surface area contributed by atoms with Gasteiger partial charge in [-0.05, 0) is 56.2 Å². The zero-order chi connectivity index (χ0) is 21.5. The number of halogens is 2. The van der Waals surface area contributed by atoms with E-state index in [1.165, 1.54) is 18.2 Å². The van der Waals surface area contributed by atoms with Gasteiger partial charge in [0.15, 0.2) is 6.61 Å². The molecule has 1 N–H and O–H groups in total. The van der Waals surface area contributed by atoms with Gasteiger partial charge < -0.3 is 19.7 Å². The zero-order valence-corrected chi connectivity index (χ0v) is 17.5. The second kappa shape index (κ2) is 10.3. The molecule has 8 heteroatoms. The third-order valence-corrected chi connectivity index (χ3v) is 5.14. The summed E-state index contributed by atoms with van der Waals surface area (Å²) in [6, 6.07) is 11.2. The fraction of sp³-hybridized carbons (Fsp3) is 0.364. The number of carbonyl (C=O) groups is 2. The van der Waals surface area contributed by atoms with Crippen LogP contribution in [0.5, 0.6) is 11.5 Å². The van der Waals surface area contributed by atoms with Crippen LogP contribution in [0.1, 0.15) is 30.1 Å². The molecule has 1 saturated heterocycles.